The summed E-state index contributed by atoms with van der Waals surface area (Å²) in [5.41, 5.74) is 1.92. The number of carbonyl (C=O) groups is 2. The van der Waals surface area contributed by atoms with Gasteiger partial charge in [-0.05, 0) is 54.6 Å². The van der Waals surface area contributed by atoms with Crippen molar-refractivity contribution in [3.63, 3.8) is 0 Å². The van der Waals surface area contributed by atoms with Gasteiger partial charge in [0.1, 0.15) is 5.75 Å². The van der Waals surface area contributed by atoms with Crippen molar-refractivity contribution >= 4 is 33.4 Å². The summed E-state index contributed by atoms with van der Waals surface area (Å²) in [6.45, 7) is 0.332. The zero-order valence-corrected chi connectivity index (χ0v) is 16.1. The highest BCUT2D eigenvalue weighted by Crippen LogP contribution is 2.23. The molecule has 2 aromatic carbocycles. The zero-order valence-electron chi connectivity index (χ0n) is 14.5. The van der Waals surface area contributed by atoms with Gasteiger partial charge in [0, 0.05) is 27.8 Å². The van der Waals surface area contributed by atoms with Gasteiger partial charge >= 0.3 is 0 Å². The number of halogens is 1. The summed E-state index contributed by atoms with van der Waals surface area (Å²) >= 11 is 3.41. The number of benzene rings is 2. The van der Waals surface area contributed by atoms with Crippen LogP contribution in [0, 0.1) is 0 Å². The minimum Gasteiger partial charge on any atom is -0.496 e. The molecule has 138 valence electrons. The maximum Gasteiger partial charge on any atom is 0.291 e. The maximum atomic E-state index is 12.4. The number of ether oxygens (including phenoxy) is 1. The van der Waals surface area contributed by atoms with Crippen molar-refractivity contribution in [1.82, 2.24) is 5.32 Å². The average molecular weight is 429 g/mol. The Labute approximate surface area is 164 Å². The van der Waals surface area contributed by atoms with Gasteiger partial charge in [-0.1, -0.05) is 15.9 Å². The van der Waals surface area contributed by atoms with Gasteiger partial charge in [0.2, 0.25) is 0 Å². The van der Waals surface area contributed by atoms with E-state index in [0.29, 0.717) is 23.5 Å². The number of carbonyl (C=O) groups excluding carboxylic acids is 2. The van der Waals surface area contributed by atoms with E-state index in [2.05, 4.69) is 26.6 Å². The second kappa shape index (κ2) is 8.55. The highest BCUT2D eigenvalue weighted by Gasteiger charge is 2.11. The number of amides is 2. The highest BCUT2D eigenvalue weighted by molar-refractivity contribution is 9.10. The fraction of sp³-hybridized carbons (Fsp3) is 0.100. The van der Waals surface area contributed by atoms with Gasteiger partial charge in [-0.3, -0.25) is 9.59 Å². The van der Waals surface area contributed by atoms with Crippen molar-refractivity contribution in [1.29, 1.82) is 0 Å². The molecular formula is C20H17BrN2O4. The first-order valence-corrected chi connectivity index (χ1v) is 8.91. The molecule has 7 heteroatoms. The molecule has 0 bridgehead atoms. The van der Waals surface area contributed by atoms with Crippen LogP contribution in [0.1, 0.15) is 26.5 Å². The quantitative estimate of drug-likeness (QED) is 0.615. The van der Waals surface area contributed by atoms with Crippen LogP contribution >= 0.6 is 15.9 Å². The maximum absolute atomic E-state index is 12.4. The zero-order chi connectivity index (χ0) is 19.2. The lowest BCUT2D eigenvalue weighted by atomic mass is 10.1. The first kappa shape index (κ1) is 18.7. The van der Waals surface area contributed by atoms with E-state index < -0.39 is 0 Å². The Kier molecular flexibility index (Phi) is 5.93. The van der Waals surface area contributed by atoms with Crippen molar-refractivity contribution in [3.8, 4) is 5.75 Å². The van der Waals surface area contributed by atoms with Crippen LogP contribution in [0.3, 0.4) is 0 Å². The Morgan fingerprint density at radius 1 is 1.07 bits per heavy atom. The van der Waals surface area contributed by atoms with Crippen molar-refractivity contribution in [2.75, 3.05) is 12.4 Å². The highest BCUT2D eigenvalue weighted by atomic mass is 79.9. The molecule has 0 atom stereocenters. The third-order valence-electron chi connectivity index (χ3n) is 3.83. The van der Waals surface area contributed by atoms with Crippen LogP contribution in [0.25, 0.3) is 0 Å². The molecule has 0 aliphatic heterocycles. The number of methoxy groups -OCH3 is 1. The fourth-order valence-corrected chi connectivity index (χ4v) is 2.88. The molecule has 0 saturated carbocycles. The van der Waals surface area contributed by atoms with Gasteiger partial charge in [-0.15, -0.1) is 0 Å². The van der Waals surface area contributed by atoms with E-state index in [1.807, 2.05) is 18.2 Å². The van der Waals surface area contributed by atoms with Crippen molar-refractivity contribution in [2.45, 2.75) is 6.54 Å². The first-order valence-electron chi connectivity index (χ1n) is 8.12. The largest absolute Gasteiger partial charge is 0.496 e. The molecule has 1 heterocycles. The summed E-state index contributed by atoms with van der Waals surface area (Å²) in [6, 6.07) is 15.4. The monoisotopic (exact) mass is 428 g/mol. The molecule has 3 aromatic rings. The van der Waals surface area contributed by atoms with E-state index in [1.165, 1.54) is 6.26 Å². The van der Waals surface area contributed by atoms with E-state index in [4.69, 9.17) is 9.15 Å². The van der Waals surface area contributed by atoms with Crippen molar-refractivity contribution < 1.29 is 18.7 Å². The Morgan fingerprint density at radius 2 is 1.85 bits per heavy atom. The molecule has 1 aromatic heterocycles. The normalized spacial score (nSPS) is 10.3. The molecule has 0 aliphatic carbocycles. The number of hydrogen-bond donors (Lipinski definition) is 2. The predicted octanol–water partition coefficient (Wildman–Crippen LogP) is 4.23. The summed E-state index contributed by atoms with van der Waals surface area (Å²) < 4.78 is 11.2. The van der Waals surface area contributed by atoms with E-state index in [0.717, 1.165) is 10.0 Å². The number of furan rings is 1. The molecule has 6 nitrogen and oxygen atoms in total. The Balaban J connectivity index is 1.61. The third-order valence-corrected chi connectivity index (χ3v) is 4.33. The van der Waals surface area contributed by atoms with Crippen LogP contribution in [0.5, 0.6) is 5.75 Å². The minimum atomic E-state index is -0.348. The predicted molar refractivity (Wildman–Crippen MR) is 105 cm³/mol. The molecule has 0 radical (unpaired) electrons. The summed E-state index contributed by atoms with van der Waals surface area (Å²) in [7, 11) is 1.59. The standard InChI is InChI=1S/C20H17BrN2O4/c1-26-17-9-6-15(21)11-14(17)12-22-19(24)13-4-7-16(8-5-13)23-20(25)18-3-2-10-27-18/h2-11H,12H2,1H3,(H,22,24)(H,23,25). The molecule has 3 rings (SSSR count). The van der Waals surface area contributed by atoms with Gasteiger partial charge in [-0.25, -0.2) is 0 Å². The summed E-state index contributed by atoms with van der Waals surface area (Å²) in [5.74, 6) is 0.356. The lowest BCUT2D eigenvalue weighted by Gasteiger charge is -2.11. The summed E-state index contributed by atoms with van der Waals surface area (Å²) in [4.78, 5) is 24.3. The van der Waals surface area contributed by atoms with E-state index in [9.17, 15) is 9.59 Å². The van der Waals surface area contributed by atoms with E-state index >= 15 is 0 Å². The fourth-order valence-electron chi connectivity index (χ4n) is 2.47. The molecule has 0 unspecified atom stereocenters. The average Bonchev–Trinajstić information content (AvgIpc) is 3.22. The van der Waals surface area contributed by atoms with Gasteiger partial charge in [-0.2, -0.15) is 0 Å². The summed E-state index contributed by atoms with van der Waals surface area (Å²) in [5, 5.41) is 5.56. The number of anilines is 1. The van der Waals surface area contributed by atoms with Gasteiger partial charge in [0.25, 0.3) is 11.8 Å². The molecule has 0 fully saturated rings. The first-order chi connectivity index (χ1) is 13.1. The topological polar surface area (TPSA) is 80.6 Å². The minimum absolute atomic E-state index is 0.221. The van der Waals surface area contributed by atoms with Gasteiger partial charge < -0.3 is 19.8 Å². The van der Waals surface area contributed by atoms with Gasteiger partial charge in [0.05, 0.1) is 13.4 Å². The number of rotatable bonds is 6. The van der Waals surface area contributed by atoms with E-state index in [-0.39, 0.29) is 17.6 Å². The lowest BCUT2D eigenvalue weighted by Crippen LogP contribution is -2.23. The number of nitrogens with one attached hydrogen (secondary N) is 2. The van der Waals surface area contributed by atoms with Crippen LogP contribution in [-0.4, -0.2) is 18.9 Å². The molecule has 0 saturated heterocycles. The van der Waals surface area contributed by atoms with Crippen LogP contribution in [-0.2, 0) is 6.54 Å². The van der Waals surface area contributed by atoms with Gasteiger partial charge in [0.15, 0.2) is 5.76 Å². The van der Waals surface area contributed by atoms with E-state index in [1.54, 1.807) is 43.5 Å². The second-order valence-corrected chi connectivity index (χ2v) is 6.56. The smallest absolute Gasteiger partial charge is 0.291 e. The van der Waals surface area contributed by atoms with Crippen molar-refractivity contribution in [2.24, 2.45) is 0 Å². The SMILES string of the molecule is COc1ccc(Br)cc1CNC(=O)c1ccc(NC(=O)c2ccco2)cc1. The molecular weight excluding hydrogens is 412 g/mol. The summed E-state index contributed by atoms with van der Waals surface area (Å²) in [6.07, 6.45) is 1.43. The molecule has 2 N–H and O–H groups in total. The second-order valence-electron chi connectivity index (χ2n) is 5.65. The Morgan fingerprint density at radius 3 is 2.52 bits per heavy atom. The van der Waals surface area contributed by atoms with Crippen LogP contribution in [0.15, 0.2) is 69.8 Å². The van der Waals surface area contributed by atoms with Crippen LogP contribution < -0.4 is 15.4 Å². The van der Waals surface area contributed by atoms with Crippen LogP contribution in [0.4, 0.5) is 5.69 Å². The third kappa shape index (κ3) is 4.77. The van der Waals surface area contributed by atoms with Crippen molar-refractivity contribution in [3.05, 3.63) is 82.2 Å². The molecule has 2 amide bonds. The Hall–Kier alpha value is -3.06. The number of hydrogen-bond acceptors (Lipinski definition) is 4. The Bertz CT molecular complexity index is 937. The molecule has 27 heavy (non-hydrogen) atoms. The van der Waals surface area contributed by atoms with Crippen LogP contribution in [0.2, 0.25) is 0 Å². The lowest BCUT2D eigenvalue weighted by molar-refractivity contribution is 0.0950. The molecule has 0 spiro atoms. The molecule has 0 aliphatic rings.